The highest BCUT2D eigenvalue weighted by atomic mass is 32.2. The number of alkyl halides is 3. The molecule has 9 heteroatoms. The van der Waals surface area contributed by atoms with Gasteiger partial charge in [0.1, 0.15) is 11.5 Å². The number of hydrogen-bond acceptors (Lipinski definition) is 4. The number of nitrogen functional groups attached to an aromatic ring is 1. The molecule has 1 aliphatic rings. The van der Waals surface area contributed by atoms with Crippen LogP contribution in [0, 0.1) is 0 Å². The molecular weight excluding hydrogens is 259 g/mol. The molecule has 0 amide bonds. The highest BCUT2D eigenvalue weighted by Crippen LogP contribution is 2.34. The molecule has 1 aromatic rings. The van der Waals surface area contributed by atoms with Crippen molar-refractivity contribution in [1.29, 1.82) is 0 Å². The smallest absolute Gasteiger partial charge is 0.382 e. The van der Waals surface area contributed by atoms with Crippen LogP contribution in [-0.2, 0) is 16.0 Å². The van der Waals surface area contributed by atoms with Gasteiger partial charge in [-0.15, -0.1) is 0 Å². The molecule has 5 nitrogen and oxygen atoms in total. The Kier molecular flexibility index (Phi) is 2.60. The Hall–Kier alpha value is -1.25. The third-order valence-corrected chi connectivity index (χ3v) is 4.35. The molecule has 2 rings (SSSR count). The van der Waals surface area contributed by atoms with Gasteiger partial charge in [-0.05, 0) is 6.42 Å². The zero-order chi connectivity index (χ0) is 12.8. The third-order valence-electron chi connectivity index (χ3n) is 2.60. The van der Waals surface area contributed by atoms with E-state index in [1.54, 1.807) is 0 Å². The molecule has 1 saturated heterocycles. The van der Waals surface area contributed by atoms with E-state index in [-0.39, 0.29) is 23.7 Å². The summed E-state index contributed by atoms with van der Waals surface area (Å²) >= 11 is 0. The van der Waals surface area contributed by atoms with Crippen LogP contribution < -0.4 is 5.73 Å². The molecule has 2 heterocycles. The second kappa shape index (κ2) is 3.62. The number of hydrogen-bond donors (Lipinski definition) is 1. The van der Waals surface area contributed by atoms with Crippen LogP contribution in [0.1, 0.15) is 18.2 Å². The molecule has 1 atom stereocenters. The van der Waals surface area contributed by atoms with Gasteiger partial charge in [-0.25, -0.2) is 8.42 Å². The molecule has 1 fully saturated rings. The van der Waals surface area contributed by atoms with Gasteiger partial charge in [-0.3, -0.25) is 4.68 Å². The Morgan fingerprint density at radius 2 is 2.12 bits per heavy atom. The number of nitrogens with two attached hydrogens (primary N) is 1. The summed E-state index contributed by atoms with van der Waals surface area (Å²) in [6.07, 6.45) is -4.45. The van der Waals surface area contributed by atoms with Gasteiger partial charge in [-0.2, -0.15) is 18.3 Å². The number of sulfone groups is 1. The monoisotopic (exact) mass is 269 g/mol. The maximum absolute atomic E-state index is 12.6. The van der Waals surface area contributed by atoms with Crippen LogP contribution in [0.4, 0.5) is 19.0 Å². The van der Waals surface area contributed by atoms with Crippen molar-refractivity contribution < 1.29 is 21.6 Å². The molecule has 1 aromatic heterocycles. The SMILES string of the molecule is Nc1cc(C(F)(F)F)n(C2CCS(=O)(=O)C2)n1. The van der Waals surface area contributed by atoms with Gasteiger partial charge < -0.3 is 5.73 Å². The van der Waals surface area contributed by atoms with E-state index in [0.29, 0.717) is 10.7 Å². The summed E-state index contributed by atoms with van der Waals surface area (Å²) in [5.41, 5.74) is 4.23. The third kappa shape index (κ3) is 2.38. The largest absolute Gasteiger partial charge is 0.433 e. The number of anilines is 1. The summed E-state index contributed by atoms with van der Waals surface area (Å²) in [7, 11) is -3.27. The Morgan fingerprint density at radius 3 is 2.59 bits per heavy atom. The summed E-state index contributed by atoms with van der Waals surface area (Å²) in [4.78, 5) is 0. The first-order valence-electron chi connectivity index (χ1n) is 4.82. The molecule has 2 N–H and O–H groups in total. The standard InChI is InChI=1S/C8H10F3N3O2S/c9-8(10,11)6-3-7(12)13-14(6)5-1-2-17(15,16)4-5/h3,5H,1-2,4H2,(H2,12,13). The van der Waals surface area contributed by atoms with E-state index in [1.165, 1.54) is 0 Å². The van der Waals surface area contributed by atoms with Crippen molar-refractivity contribution in [2.24, 2.45) is 0 Å². The Bertz CT molecular complexity index is 535. The second-order valence-corrected chi connectivity index (χ2v) is 6.18. The van der Waals surface area contributed by atoms with Crippen LogP contribution in [0.2, 0.25) is 0 Å². The normalized spacial score (nSPS) is 24.1. The maximum atomic E-state index is 12.6. The van der Waals surface area contributed by atoms with E-state index in [4.69, 9.17) is 5.73 Å². The first-order valence-corrected chi connectivity index (χ1v) is 6.64. The van der Waals surface area contributed by atoms with Crippen molar-refractivity contribution in [2.75, 3.05) is 17.2 Å². The van der Waals surface area contributed by atoms with Crippen molar-refractivity contribution in [3.8, 4) is 0 Å². The van der Waals surface area contributed by atoms with Crippen LogP contribution in [0.25, 0.3) is 0 Å². The lowest BCUT2D eigenvalue weighted by Gasteiger charge is -2.14. The van der Waals surface area contributed by atoms with Crippen LogP contribution in [0.15, 0.2) is 6.07 Å². The first kappa shape index (κ1) is 12.2. The topological polar surface area (TPSA) is 78.0 Å². The van der Waals surface area contributed by atoms with Crippen molar-refractivity contribution in [2.45, 2.75) is 18.6 Å². The molecule has 0 aromatic carbocycles. The van der Waals surface area contributed by atoms with Crippen LogP contribution >= 0.6 is 0 Å². The number of nitrogens with zero attached hydrogens (tertiary/aromatic N) is 2. The zero-order valence-corrected chi connectivity index (χ0v) is 9.42. The molecule has 0 spiro atoms. The van der Waals surface area contributed by atoms with Crippen molar-refractivity contribution in [1.82, 2.24) is 9.78 Å². The fourth-order valence-electron chi connectivity index (χ4n) is 1.87. The number of halogens is 3. The molecular formula is C8H10F3N3O2S. The molecule has 0 radical (unpaired) electrons. The minimum absolute atomic E-state index is 0.116. The molecule has 17 heavy (non-hydrogen) atoms. The number of rotatable bonds is 1. The molecule has 96 valence electrons. The lowest BCUT2D eigenvalue weighted by molar-refractivity contribution is -0.144. The lowest BCUT2D eigenvalue weighted by Crippen LogP contribution is -2.20. The van der Waals surface area contributed by atoms with Gasteiger partial charge in [0.15, 0.2) is 9.84 Å². The van der Waals surface area contributed by atoms with E-state index in [9.17, 15) is 21.6 Å². The van der Waals surface area contributed by atoms with Gasteiger partial charge in [0, 0.05) is 6.07 Å². The van der Waals surface area contributed by atoms with Gasteiger partial charge in [0.2, 0.25) is 0 Å². The van der Waals surface area contributed by atoms with Crippen LogP contribution in [0.3, 0.4) is 0 Å². The van der Waals surface area contributed by atoms with Gasteiger partial charge in [-0.1, -0.05) is 0 Å². The van der Waals surface area contributed by atoms with E-state index < -0.39 is 27.7 Å². The summed E-state index contributed by atoms with van der Waals surface area (Å²) in [6.45, 7) is 0. The fourth-order valence-corrected chi connectivity index (χ4v) is 3.56. The van der Waals surface area contributed by atoms with Crippen LogP contribution in [0.5, 0.6) is 0 Å². The second-order valence-electron chi connectivity index (χ2n) is 3.95. The minimum Gasteiger partial charge on any atom is -0.382 e. The quantitative estimate of drug-likeness (QED) is 0.819. The minimum atomic E-state index is -4.59. The summed E-state index contributed by atoms with van der Waals surface area (Å²) in [5, 5.41) is 3.53. The van der Waals surface area contributed by atoms with Crippen LogP contribution in [-0.4, -0.2) is 29.7 Å². The molecule has 0 aliphatic carbocycles. The van der Waals surface area contributed by atoms with Gasteiger partial charge in [0.25, 0.3) is 0 Å². The lowest BCUT2D eigenvalue weighted by atomic mass is 10.2. The first-order chi connectivity index (χ1) is 7.69. The van der Waals surface area contributed by atoms with E-state index in [1.807, 2.05) is 0 Å². The molecule has 0 bridgehead atoms. The molecule has 1 unspecified atom stereocenters. The summed E-state index contributed by atoms with van der Waals surface area (Å²) in [6, 6.07) is -0.0702. The predicted molar refractivity (Wildman–Crippen MR) is 53.9 cm³/mol. The maximum Gasteiger partial charge on any atom is 0.433 e. The van der Waals surface area contributed by atoms with Crippen molar-refractivity contribution in [3.05, 3.63) is 11.8 Å². The van der Waals surface area contributed by atoms with Gasteiger partial charge in [0.05, 0.1) is 17.5 Å². The van der Waals surface area contributed by atoms with Gasteiger partial charge >= 0.3 is 6.18 Å². The Labute approximate surface area is 95.3 Å². The average molecular weight is 269 g/mol. The molecule has 1 aliphatic heterocycles. The Morgan fingerprint density at radius 1 is 1.47 bits per heavy atom. The zero-order valence-electron chi connectivity index (χ0n) is 8.61. The highest BCUT2D eigenvalue weighted by Gasteiger charge is 2.40. The molecule has 0 saturated carbocycles. The number of aromatic nitrogens is 2. The summed E-state index contributed by atoms with van der Waals surface area (Å²) < 4.78 is 61.1. The summed E-state index contributed by atoms with van der Waals surface area (Å²) in [5.74, 6) is -0.701. The van der Waals surface area contributed by atoms with Crippen molar-refractivity contribution in [3.63, 3.8) is 0 Å². The highest BCUT2D eigenvalue weighted by molar-refractivity contribution is 7.91. The van der Waals surface area contributed by atoms with Crippen molar-refractivity contribution >= 4 is 15.7 Å². The van der Waals surface area contributed by atoms with E-state index in [2.05, 4.69) is 5.10 Å². The average Bonchev–Trinajstić information content (AvgIpc) is 2.67. The predicted octanol–water partition coefficient (Wildman–Crippen LogP) is 0.844. The fraction of sp³-hybridized carbons (Fsp3) is 0.625. The van der Waals surface area contributed by atoms with E-state index in [0.717, 1.165) is 0 Å². The Balaban J connectivity index is 2.40. The van der Waals surface area contributed by atoms with E-state index >= 15 is 0 Å².